The summed E-state index contributed by atoms with van der Waals surface area (Å²) in [4.78, 5) is 33.9. The van der Waals surface area contributed by atoms with Gasteiger partial charge in [0.2, 0.25) is 5.91 Å². The quantitative estimate of drug-likeness (QED) is 0.568. The number of ether oxygens (including phenoxy) is 1. The minimum Gasteiger partial charge on any atom is -0.497 e. The van der Waals surface area contributed by atoms with E-state index in [-0.39, 0.29) is 35.6 Å². The van der Waals surface area contributed by atoms with E-state index >= 15 is 0 Å². The predicted molar refractivity (Wildman–Crippen MR) is 91.6 cm³/mol. The topological polar surface area (TPSA) is 137 Å². The number of rotatable bonds is 7. The fraction of sp³-hybridized carbons (Fsp3) is 0.312. The molecule has 1 aromatic heterocycles. The maximum absolute atomic E-state index is 12.1. The van der Waals surface area contributed by atoms with Crippen molar-refractivity contribution in [2.45, 2.75) is 26.8 Å². The average molecular weight is 362 g/mol. The number of nitro groups is 1. The Kier molecular flexibility index (Phi) is 5.55. The second kappa shape index (κ2) is 7.64. The molecule has 0 atom stereocenters. The van der Waals surface area contributed by atoms with E-state index < -0.39 is 16.8 Å². The second-order valence-electron chi connectivity index (χ2n) is 5.51. The summed E-state index contributed by atoms with van der Waals surface area (Å²) in [5.74, 6) is -1.28. The number of aromatic nitrogens is 2. The van der Waals surface area contributed by atoms with E-state index in [1.807, 2.05) is 0 Å². The number of aryl methyl sites for hydroxylation is 2. The number of aromatic carboxylic acids is 1. The summed E-state index contributed by atoms with van der Waals surface area (Å²) in [6.07, 6.45) is -0.0236. The third-order valence-corrected chi connectivity index (χ3v) is 3.81. The Morgan fingerprint density at radius 2 is 2.08 bits per heavy atom. The van der Waals surface area contributed by atoms with E-state index in [2.05, 4.69) is 10.4 Å². The smallest absolute Gasteiger partial charge is 0.337 e. The fourth-order valence-electron chi connectivity index (χ4n) is 2.53. The molecule has 0 aliphatic rings. The first-order valence-corrected chi connectivity index (χ1v) is 7.64. The third-order valence-electron chi connectivity index (χ3n) is 3.81. The lowest BCUT2D eigenvalue weighted by molar-refractivity contribution is -0.386. The number of amides is 1. The van der Waals surface area contributed by atoms with Crippen LogP contribution in [0.1, 0.15) is 28.2 Å². The molecule has 0 fully saturated rings. The molecule has 10 nitrogen and oxygen atoms in total. The second-order valence-corrected chi connectivity index (χ2v) is 5.51. The zero-order valence-electron chi connectivity index (χ0n) is 14.5. The Hall–Kier alpha value is -3.43. The van der Waals surface area contributed by atoms with Crippen molar-refractivity contribution < 1.29 is 24.4 Å². The summed E-state index contributed by atoms with van der Waals surface area (Å²) in [5, 5.41) is 26.8. The van der Waals surface area contributed by atoms with Gasteiger partial charge in [-0.05, 0) is 32.0 Å². The molecule has 0 aliphatic carbocycles. The number of hydrogen-bond acceptors (Lipinski definition) is 6. The summed E-state index contributed by atoms with van der Waals surface area (Å²) < 4.78 is 6.36. The van der Waals surface area contributed by atoms with Gasteiger partial charge in [-0.2, -0.15) is 5.10 Å². The van der Waals surface area contributed by atoms with Gasteiger partial charge in [0.1, 0.15) is 17.1 Å². The van der Waals surface area contributed by atoms with E-state index in [0.717, 1.165) is 0 Å². The Balaban J connectivity index is 2.10. The minimum absolute atomic E-state index is 0.0236. The molecule has 2 N–H and O–H groups in total. The fourth-order valence-corrected chi connectivity index (χ4v) is 2.53. The van der Waals surface area contributed by atoms with Gasteiger partial charge in [-0.3, -0.25) is 19.6 Å². The molecule has 0 saturated heterocycles. The van der Waals surface area contributed by atoms with Crippen molar-refractivity contribution in [3.05, 3.63) is 45.3 Å². The lowest BCUT2D eigenvalue weighted by atomic mass is 10.1. The molecule has 2 aromatic rings. The normalized spacial score (nSPS) is 10.4. The largest absolute Gasteiger partial charge is 0.497 e. The van der Waals surface area contributed by atoms with Crippen molar-refractivity contribution in [3.63, 3.8) is 0 Å². The third kappa shape index (κ3) is 3.97. The number of carbonyl (C=O) groups is 2. The lowest BCUT2D eigenvalue weighted by Gasteiger charge is -2.10. The van der Waals surface area contributed by atoms with Gasteiger partial charge in [-0.1, -0.05) is 0 Å². The number of carbonyl (C=O) groups excluding carboxylic acids is 1. The van der Waals surface area contributed by atoms with Crippen LogP contribution in [-0.2, 0) is 11.3 Å². The van der Waals surface area contributed by atoms with Crippen molar-refractivity contribution in [2.75, 3.05) is 12.4 Å². The van der Waals surface area contributed by atoms with Crippen molar-refractivity contribution in [3.8, 4) is 5.75 Å². The Morgan fingerprint density at radius 1 is 1.38 bits per heavy atom. The van der Waals surface area contributed by atoms with Crippen molar-refractivity contribution in [2.24, 2.45) is 0 Å². The summed E-state index contributed by atoms with van der Waals surface area (Å²) in [7, 11) is 1.41. The van der Waals surface area contributed by atoms with Gasteiger partial charge in [0.25, 0.3) is 0 Å². The highest BCUT2D eigenvalue weighted by Crippen LogP contribution is 2.23. The van der Waals surface area contributed by atoms with Crippen LogP contribution in [0.15, 0.2) is 18.2 Å². The molecule has 0 unspecified atom stereocenters. The molecule has 0 bridgehead atoms. The van der Waals surface area contributed by atoms with Crippen LogP contribution >= 0.6 is 0 Å². The van der Waals surface area contributed by atoms with Crippen LogP contribution in [0.3, 0.4) is 0 Å². The SMILES string of the molecule is COc1ccc(NC(=O)CCn2nc(C)c([N+](=O)[O-])c2C)c(C(=O)O)c1. The predicted octanol–water partition coefficient (Wildman–Crippen LogP) is 2.14. The standard InChI is InChI=1S/C16H18N4O6/c1-9-15(20(24)25)10(2)19(18-9)7-6-14(21)17-13-5-4-11(26-3)8-12(13)16(22)23/h4-5,8H,6-7H2,1-3H3,(H,17,21)(H,22,23). The Labute approximate surface area is 148 Å². The molecule has 0 radical (unpaired) electrons. The molecule has 26 heavy (non-hydrogen) atoms. The van der Waals surface area contributed by atoms with Gasteiger partial charge < -0.3 is 15.2 Å². The van der Waals surface area contributed by atoms with Crippen molar-refractivity contribution in [1.82, 2.24) is 9.78 Å². The van der Waals surface area contributed by atoms with Crippen LogP contribution in [0, 0.1) is 24.0 Å². The monoisotopic (exact) mass is 362 g/mol. The maximum Gasteiger partial charge on any atom is 0.337 e. The van der Waals surface area contributed by atoms with Gasteiger partial charge in [0.15, 0.2) is 0 Å². The molecular formula is C16H18N4O6. The number of hydrogen-bond donors (Lipinski definition) is 2. The van der Waals surface area contributed by atoms with Gasteiger partial charge >= 0.3 is 11.7 Å². The molecule has 2 rings (SSSR count). The summed E-state index contributed by atoms with van der Waals surface area (Å²) >= 11 is 0. The van der Waals surface area contributed by atoms with E-state index in [0.29, 0.717) is 11.4 Å². The van der Waals surface area contributed by atoms with Crippen molar-refractivity contribution in [1.29, 1.82) is 0 Å². The van der Waals surface area contributed by atoms with E-state index in [1.54, 1.807) is 6.92 Å². The first-order valence-electron chi connectivity index (χ1n) is 7.64. The summed E-state index contributed by atoms with van der Waals surface area (Å²) in [6, 6.07) is 4.28. The average Bonchev–Trinajstić information content (AvgIpc) is 2.87. The highest BCUT2D eigenvalue weighted by molar-refractivity contribution is 6.00. The zero-order valence-corrected chi connectivity index (χ0v) is 14.5. The Morgan fingerprint density at radius 3 is 2.62 bits per heavy atom. The molecule has 0 spiro atoms. The number of nitrogens with one attached hydrogen (secondary N) is 1. The molecular weight excluding hydrogens is 344 g/mol. The first-order chi connectivity index (χ1) is 12.2. The van der Waals surface area contributed by atoms with E-state index in [4.69, 9.17) is 4.74 Å². The van der Waals surface area contributed by atoms with Gasteiger partial charge in [-0.15, -0.1) is 0 Å². The maximum atomic E-state index is 12.1. The van der Waals surface area contributed by atoms with Crippen LogP contribution in [0.2, 0.25) is 0 Å². The molecule has 1 aromatic carbocycles. The van der Waals surface area contributed by atoms with Crippen LogP contribution in [0.5, 0.6) is 5.75 Å². The van der Waals surface area contributed by atoms with E-state index in [1.165, 1.54) is 36.9 Å². The molecule has 1 heterocycles. The molecule has 0 saturated carbocycles. The van der Waals surface area contributed by atoms with Gasteiger partial charge in [-0.25, -0.2) is 4.79 Å². The lowest BCUT2D eigenvalue weighted by Crippen LogP contribution is -2.17. The number of carboxylic acids is 1. The number of nitrogens with zero attached hydrogens (tertiary/aromatic N) is 3. The van der Waals surface area contributed by atoms with Crippen LogP contribution in [-0.4, -0.2) is 38.8 Å². The van der Waals surface area contributed by atoms with Crippen LogP contribution in [0.4, 0.5) is 11.4 Å². The number of benzene rings is 1. The number of carboxylic acid groups (broad SMARTS) is 1. The van der Waals surface area contributed by atoms with Crippen LogP contribution in [0.25, 0.3) is 0 Å². The zero-order chi connectivity index (χ0) is 19.4. The molecule has 0 aliphatic heterocycles. The molecule has 138 valence electrons. The molecule has 1 amide bonds. The van der Waals surface area contributed by atoms with Gasteiger partial charge in [0.05, 0.1) is 29.8 Å². The van der Waals surface area contributed by atoms with Crippen LogP contribution < -0.4 is 10.1 Å². The highest BCUT2D eigenvalue weighted by Gasteiger charge is 2.22. The summed E-state index contributed by atoms with van der Waals surface area (Å²) in [5.41, 5.74) is 0.600. The highest BCUT2D eigenvalue weighted by atomic mass is 16.6. The summed E-state index contributed by atoms with van der Waals surface area (Å²) in [6.45, 7) is 3.21. The van der Waals surface area contributed by atoms with Crippen molar-refractivity contribution >= 4 is 23.3 Å². The molecule has 10 heteroatoms. The Bertz CT molecular complexity index is 874. The minimum atomic E-state index is -1.20. The number of methoxy groups -OCH3 is 1. The van der Waals surface area contributed by atoms with Gasteiger partial charge in [0, 0.05) is 6.42 Å². The first kappa shape index (κ1) is 18.9. The number of anilines is 1. The van der Waals surface area contributed by atoms with E-state index in [9.17, 15) is 24.8 Å².